The zero-order valence-electron chi connectivity index (χ0n) is 11.9. The first-order chi connectivity index (χ1) is 10.2. The Kier molecular flexibility index (Phi) is 4.31. The average Bonchev–Trinajstić information content (AvgIpc) is 2.41. The predicted octanol–water partition coefficient (Wildman–Crippen LogP) is 2.22. The molecule has 2 aliphatic rings. The first kappa shape index (κ1) is 14.2. The zero-order chi connectivity index (χ0) is 14.7. The Labute approximate surface area is 123 Å². The summed E-state index contributed by atoms with van der Waals surface area (Å²) in [7, 11) is 0. The van der Waals surface area contributed by atoms with Gasteiger partial charge in [0.25, 0.3) is 0 Å². The highest BCUT2D eigenvalue weighted by molar-refractivity contribution is 5.79. The minimum absolute atomic E-state index is 0.0484. The summed E-state index contributed by atoms with van der Waals surface area (Å²) in [5.74, 6) is -0.0103. The van der Waals surface area contributed by atoms with Crippen molar-refractivity contribution in [1.29, 1.82) is 0 Å². The molecule has 0 saturated heterocycles. The highest BCUT2D eigenvalue weighted by Crippen LogP contribution is 2.28. The number of hydrogen-bond acceptors (Lipinski definition) is 4. The molecule has 2 fully saturated rings. The summed E-state index contributed by atoms with van der Waals surface area (Å²) >= 11 is 0. The van der Waals surface area contributed by atoms with E-state index in [4.69, 9.17) is 4.74 Å². The average molecular weight is 293 g/mol. The predicted molar refractivity (Wildman–Crippen MR) is 74.1 cm³/mol. The van der Waals surface area contributed by atoms with Crippen LogP contribution in [0.5, 0.6) is 6.01 Å². The van der Waals surface area contributed by atoms with Gasteiger partial charge >= 0.3 is 6.01 Å². The highest BCUT2D eigenvalue weighted by Gasteiger charge is 2.29. The summed E-state index contributed by atoms with van der Waals surface area (Å²) in [6.45, 7) is 0. The topological polar surface area (TPSA) is 64.1 Å². The van der Waals surface area contributed by atoms with Crippen molar-refractivity contribution in [2.45, 2.75) is 57.1 Å². The minimum Gasteiger partial charge on any atom is -0.460 e. The van der Waals surface area contributed by atoms with Crippen LogP contribution in [0.2, 0.25) is 0 Å². The van der Waals surface area contributed by atoms with Gasteiger partial charge in [-0.1, -0.05) is 6.42 Å². The second-order valence-electron chi connectivity index (χ2n) is 5.91. The Hall–Kier alpha value is -1.72. The second-order valence-corrected chi connectivity index (χ2v) is 5.91. The third kappa shape index (κ3) is 3.68. The number of halogens is 1. The normalized spacial score (nSPS) is 26.0. The van der Waals surface area contributed by atoms with Crippen LogP contribution in [0.15, 0.2) is 12.4 Å². The quantitative estimate of drug-likeness (QED) is 0.924. The van der Waals surface area contributed by atoms with E-state index in [0.717, 1.165) is 50.9 Å². The van der Waals surface area contributed by atoms with E-state index < -0.39 is 5.82 Å². The van der Waals surface area contributed by atoms with Gasteiger partial charge in [-0.05, 0) is 38.5 Å². The van der Waals surface area contributed by atoms with Crippen LogP contribution in [0.3, 0.4) is 0 Å². The number of carbonyl (C=O) groups excluding carboxylic acids is 1. The minimum atomic E-state index is -0.468. The molecule has 1 N–H and O–H groups in total. The van der Waals surface area contributed by atoms with Crippen LogP contribution in [0.4, 0.5) is 4.39 Å². The standard InChI is InChI=1S/C15H20FN3O2/c16-11-8-17-15(18-9-11)21-13-6-4-12(5-7-13)19-14(20)10-2-1-3-10/h8-10,12-13H,1-7H2,(H,19,20). The molecule has 114 valence electrons. The molecule has 0 atom stereocenters. The van der Waals surface area contributed by atoms with E-state index in [1.54, 1.807) is 0 Å². The number of carbonyl (C=O) groups is 1. The van der Waals surface area contributed by atoms with E-state index in [9.17, 15) is 9.18 Å². The van der Waals surface area contributed by atoms with Crippen LogP contribution < -0.4 is 10.1 Å². The van der Waals surface area contributed by atoms with Crippen LogP contribution in [0, 0.1) is 11.7 Å². The molecule has 2 saturated carbocycles. The molecular weight excluding hydrogens is 273 g/mol. The molecule has 1 aromatic heterocycles. The number of nitrogens with zero attached hydrogens (tertiary/aromatic N) is 2. The van der Waals surface area contributed by atoms with Crippen LogP contribution in [-0.2, 0) is 4.79 Å². The molecule has 0 aromatic carbocycles. The fraction of sp³-hybridized carbons (Fsp3) is 0.667. The van der Waals surface area contributed by atoms with E-state index in [-0.39, 0.29) is 30.0 Å². The molecule has 1 aromatic rings. The van der Waals surface area contributed by atoms with Gasteiger partial charge in [0.05, 0.1) is 12.4 Å². The lowest BCUT2D eigenvalue weighted by molar-refractivity contribution is -0.128. The summed E-state index contributed by atoms with van der Waals surface area (Å²) in [4.78, 5) is 19.5. The third-order valence-electron chi connectivity index (χ3n) is 4.37. The Morgan fingerprint density at radius 2 is 1.81 bits per heavy atom. The molecule has 0 radical (unpaired) electrons. The molecule has 0 aliphatic heterocycles. The van der Waals surface area contributed by atoms with Crippen molar-refractivity contribution in [3.05, 3.63) is 18.2 Å². The van der Waals surface area contributed by atoms with Gasteiger partial charge in [0.2, 0.25) is 5.91 Å². The summed E-state index contributed by atoms with van der Waals surface area (Å²) in [5, 5.41) is 3.14. The Balaban J connectivity index is 1.42. The largest absolute Gasteiger partial charge is 0.460 e. The summed E-state index contributed by atoms with van der Waals surface area (Å²) < 4.78 is 18.4. The summed E-state index contributed by atoms with van der Waals surface area (Å²) in [6.07, 6.45) is 9.03. The second kappa shape index (κ2) is 6.37. The molecule has 0 unspecified atom stereocenters. The molecule has 5 nitrogen and oxygen atoms in total. The van der Waals surface area contributed by atoms with Gasteiger partial charge in [-0.25, -0.2) is 14.4 Å². The monoisotopic (exact) mass is 293 g/mol. The molecule has 1 amide bonds. The molecule has 6 heteroatoms. The number of aromatic nitrogens is 2. The van der Waals surface area contributed by atoms with E-state index in [0.29, 0.717) is 0 Å². The molecule has 0 bridgehead atoms. The van der Waals surface area contributed by atoms with Crippen molar-refractivity contribution in [3.63, 3.8) is 0 Å². The Morgan fingerprint density at radius 3 is 2.38 bits per heavy atom. The molecular formula is C15H20FN3O2. The maximum atomic E-state index is 12.7. The highest BCUT2D eigenvalue weighted by atomic mass is 19.1. The van der Waals surface area contributed by atoms with Gasteiger partial charge in [0.15, 0.2) is 5.82 Å². The fourth-order valence-corrected chi connectivity index (χ4v) is 2.82. The summed E-state index contributed by atoms with van der Waals surface area (Å²) in [5.41, 5.74) is 0. The van der Waals surface area contributed by atoms with Crippen LogP contribution >= 0.6 is 0 Å². The number of hydrogen-bond donors (Lipinski definition) is 1. The number of ether oxygens (including phenoxy) is 1. The van der Waals surface area contributed by atoms with Gasteiger partial charge in [0, 0.05) is 12.0 Å². The van der Waals surface area contributed by atoms with Crippen molar-refractivity contribution in [2.75, 3.05) is 0 Å². The van der Waals surface area contributed by atoms with Crippen molar-refractivity contribution in [2.24, 2.45) is 5.92 Å². The van der Waals surface area contributed by atoms with Crippen LogP contribution in [0.1, 0.15) is 44.9 Å². The van der Waals surface area contributed by atoms with Crippen molar-refractivity contribution < 1.29 is 13.9 Å². The molecule has 0 spiro atoms. The smallest absolute Gasteiger partial charge is 0.316 e. The molecule has 1 heterocycles. The number of rotatable bonds is 4. The van der Waals surface area contributed by atoms with E-state index in [1.807, 2.05) is 0 Å². The van der Waals surface area contributed by atoms with Gasteiger partial charge in [-0.15, -0.1) is 0 Å². The maximum absolute atomic E-state index is 12.7. The third-order valence-corrected chi connectivity index (χ3v) is 4.37. The zero-order valence-corrected chi connectivity index (χ0v) is 11.9. The lowest BCUT2D eigenvalue weighted by Crippen LogP contribution is -2.43. The van der Waals surface area contributed by atoms with Crippen molar-refractivity contribution >= 4 is 5.91 Å². The molecule has 21 heavy (non-hydrogen) atoms. The van der Waals surface area contributed by atoms with Crippen molar-refractivity contribution in [1.82, 2.24) is 15.3 Å². The van der Waals surface area contributed by atoms with E-state index in [1.165, 1.54) is 6.42 Å². The van der Waals surface area contributed by atoms with Crippen LogP contribution in [0.25, 0.3) is 0 Å². The Morgan fingerprint density at radius 1 is 1.14 bits per heavy atom. The lowest BCUT2D eigenvalue weighted by Gasteiger charge is -2.31. The first-order valence-electron chi connectivity index (χ1n) is 7.65. The van der Waals surface area contributed by atoms with Crippen molar-refractivity contribution in [3.8, 4) is 6.01 Å². The Bertz CT molecular complexity index is 482. The number of amides is 1. The van der Waals surface area contributed by atoms with Gasteiger partial charge in [0.1, 0.15) is 6.10 Å². The summed E-state index contributed by atoms with van der Waals surface area (Å²) in [6, 6.07) is 0.477. The van der Waals surface area contributed by atoms with Gasteiger partial charge < -0.3 is 10.1 Å². The van der Waals surface area contributed by atoms with E-state index >= 15 is 0 Å². The van der Waals surface area contributed by atoms with Gasteiger partial charge in [-0.3, -0.25) is 4.79 Å². The molecule has 2 aliphatic carbocycles. The SMILES string of the molecule is O=C(NC1CCC(Oc2ncc(F)cn2)CC1)C1CCC1. The van der Waals surface area contributed by atoms with E-state index in [2.05, 4.69) is 15.3 Å². The first-order valence-corrected chi connectivity index (χ1v) is 7.65. The fourth-order valence-electron chi connectivity index (χ4n) is 2.82. The molecule has 3 rings (SSSR count). The van der Waals surface area contributed by atoms with Gasteiger partial charge in [-0.2, -0.15) is 0 Å². The van der Waals surface area contributed by atoms with Crippen LogP contribution in [-0.4, -0.2) is 28.0 Å². The maximum Gasteiger partial charge on any atom is 0.316 e. The lowest BCUT2D eigenvalue weighted by atomic mass is 9.84. The number of nitrogens with one attached hydrogen (secondary N) is 1.